The third kappa shape index (κ3) is 2.16. The van der Waals surface area contributed by atoms with Gasteiger partial charge in [0.25, 0.3) is 0 Å². The average molecular weight is 307 g/mol. The Morgan fingerprint density at radius 3 is 2.67 bits per heavy atom. The highest BCUT2D eigenvalue weighted by Crippen LogP contribution is 2.44. The SMILES string of the molecule is CCC1(C)C(=O)NC(C)(C2CC2)C(=O)N1Cc1cncs1. The van der Waals surface area contributed by atoms with Crippen LogP contribution in [0.5, 0.6) is 0 Å². The summed E-state index contributed by atoms with van der Waals surface area (Å²) in [5.74, 6) is 0.283. The highest BCUT2D eigenvalue weighted by Gasteiger charge is 2.58. The quantitative estimate of drug-likeness (QED) is 0.924. The van der Waals surface area contributed by atoms with E-state index in [-0.39, 0.29) is 17.7 Å². The molecule has 1 N–H and O–H groups in total. The summed E-state index contributed by atoms with van der Waals surface area (Å²) < 4.78 is 0. The molecule has 1 aromatic rings. The van der Waals surface area contributed by atoms with Crippen LogP contribution in [0.3, 0.4) is 0 Å². The molecule has 0 radical (unpaired) electrons. The number of rotatable bonds is 4. The van der Waals surface area contributed by atoms with E-state index in [1.807, 2.05) is 20.8 Å². The van der Waals surface area contributed by atoms with E-state index < -0.39 is 11.1 Å². The summed E-state index contributed by atoms with van der Waals surface area (Å²) in [6.07, 6.45) is 4.40. The van der Waals surface area contributed by atoms with Crippen LogP contribution in [0, 0.1) is 5.92 Å². The Morgan fingerprint density at radius 1 is 1.43 bits per heavy atom. The van der Waals surface area contributed by atoms with Crippen molar-refractivity contribution in [1.29, 1.82) is 0 Å². The molecule has 1 saturated heterocycles. The van der Waals surface area contributed by atoms with Crippen LogP contribution in [0.25, 0.3) is 0 Å². The summed E-state index contributed by atoms with van der Waals surface area (Å²) in [5, 5.41) is 3.01. The zero-order valence-corrected chi connectivity index (χ0v) is 13.5. The lowest BCUT2D eigenvalue weighted by Crippen LogP contribution is -2.74. The Kier molecular flexibility index (Phi) is 3.31. The molecular weight excluding hydrogens is 286 g/mol. The molecule has 2 amide bonds. The molecule has 2 unspecified atom stereocenters. The van der Waals surface area contributed by atoms with Crippen LogP contribution in [0.15, 0.2) is 11.7 Å². The molecule has 0 bridgehead atoms. The van der Waals surface area contributed by atoms with Gasteiger partial charge in [-0.2, -0.15) is 0 Å². The topological polar surface area (TPSA) is 62.3 Å². The van der Waals surface area contributed by atoms with Gasteiger partial charge >= 0.3 is 0 Å². The molecule has 2 atom stereocenters. The standard InChI is InChI=1S/C15H21N3O2S/c1-4-14(2)12(19)17-15(3,10-5-6-10)13(20)18(14)8-11-7-16-9-21-11/h7,9-10H,4-6,8H2,1-3H3,(H,17,19). The molecule has 3 rings (SSSR count). The van der Waals surface area contributed by atoms with E-state index in [2.05, 4.69) is 10.3 Å². The molecule has 6 heteroatoms. The summed E-state index contributed by atoms with van der Waals surface area (Å²) in [7, 11) is 0. The summed E-state index contributed by atoms with van der Waals surface area (Å²) in [6, 6.07) is 0. The van der Waals surface area contributed by atoms with Crippen LogP contribution < -0.4 is 5.32 Å². The number of thiazole rings is 1. The number of carbonyl (C=O) groups is 2. The van der Waals surface area contributed by atoms with Crippen LogP contribution in [-0.2, 0) is 16.1 Å². The van der Waals surface area contributed by atoms with E-state index in [1.54, 1.807) is 16.6 Å². The van der Waals surface area contributed by atoms with Crippen molar-refractivity contribution >= 4 is 23.2 Å². The van der Waals surface area contributed by atoms with Gasteiger partial charge in [-0.05, 0) is 39.0 Å². The van der Waals surface area contributed by atoms with Crippen LogP contribution in [0.2, 0.25) is 0 Å². The highest BCUT2D eigenvalue weighted by molar-refractivity contribution is 7.09. The van der Waals surface area contributed by atoms with Crippen molar-refractivity contribution in [2.45, 2.75) is 57.7 Å². The van der Waals surface area contributed by atoms with Crippen molar-refractivity contribution < 1.29 is 9.59 Å². The maximum Gasteiger partial charge on any atom is 0.249 e. The number of aromatic nitrogens is 1. The predicted octanol–water partition coefficient (Wildman–Crippen LogP) is 1.94. The maximum atomic E-state index is 13.1. The van der Waals surface area contributed by atoms with Crippen molar-refractivity contribution in [3.05, 3.63) is 16.6 Å². The number of hydrogen-bond acceptors (Lipinski definition) is 4. The van der Waals surface area contributed by atoms with Crippen LogP contribution in [-0.4, -0.2) is 32.8 Å². The molecule has 114 valence electrons. The van der Waals surface area contributed by atoms with E-state index in [1.165, 1.54) is 11.3 Å². The molecule has 21 heavy (non-hydrogen) atoms. The Bertz CT molecular complexity index is 569. The van der Waals surface area contributed by atoms with Crippen molar-refractivity contribution in [1.82, 2.24) is 15.2 Å². The fourth-order valence-corrected chi connectivity index (χ4v) is 3.64. The minimum Gasteiger partial charge on any atom is -0.340 e. The first-order chi connectivity index (χ1) is 9.91. The average Bonchev–Trinajstić information content (AvgIpc) is 3.20. The van der Waals surface area contributed by atoms with Crippen molar-refractivity contribution in [3.8, 4) is 0 Å². The number of amides is 2. The van der Waals surface area contributed by atoms with E-state index in [0.717, 1.165) is 17.7 Å². The van der Waals surface area contributed by atoms with Gasteiger partial charge in [-0.15, -0.1) is 11.3 Å². The van der Waals surface area contributed by atoms with Gasteiger partial charge in [-0.25, -0.2) is 0 Å². The largest absolute Gasteiger partial charge is 0.340 e. The molecule has 1 saturated carbocycles. The van der Waals surface area contributed by atoms with E-state index in [4.69, 9.17) is 0 Å². The maximum absolute atomic E-state index is 13.1. The van der Waals surface area contributed by atoms with Gasteiger partial charge < -0.3 is 10.2 Å². The zero-order chi connectivity index (χ0) is 15.3. The highest BCUT2D eigenvalue weighted by atomic mass is 32.1. The van der Waals surface area contributed by atoms with Gasteiger partial charge in [0.2, 0.25) is 11.8 Å². The second kappa shape index (κ2) is 4.80. The normalized spacial score (nSPS) is 33.2. The molecule has 1 aromatic heterocycles. The molecular formula is C15H21N3O2S. The minimum atomic E-state index is -0.782. The van der Waals surface area contributed by atoms with Crippen LogP contribution >= 0.6 is 11.3 Å². The second-order valence-corrected chi connectivity index (χ2v) is 7.39. The van der Waals surface area contributed by atoms with E-state index >= 15 is 0 Å². The fraction of sp³-hybridized carbons (Fsp3) is 0.667. The summed E-state index contributed by atoms with van der Waals surface area (Å²) in [6.45, 7) is 6.14. The number of piperazine rings is 1. The van der Waals surface area contributed by atoms with E-state index in [9.17, 15) is 9.59 Å². The van der Waals surface area contributed by atoms with Crippen LogP contribution in [0.1, 0.15) is 44.9 Å². The smallest absolute Gasteiger partial charge is 0.249 e. The number of nitrogens with one attached hydrogen (secondary N) is 1. The van der Waals surface area contributed by atoms with Gasteiger partial charge in [0.15, 0.2) is 0 Å². The van der Waals surface area contributed by atoms with Crippen molar-refractivity contribution in [2.24, 2.45) is 5.92 Å². The molecule has 1 aliphatic heterocycles. The predicted molar refractivity (Wildman–Crippen MR) is 80.6 cm³/mol. The zero-order valence-electron chi connectivity index (χ0n) is 12.7. The Balaban J connectivity index is 1.97. The lowest BCUT2D eigenvalue weighted by atomic mass is 9.83. The Hall–Kier alpha value is -1.43. The van der Waals surface area contributed by atoms with Gasteiger partial charge in [0, 0.05) is 11.1 Å². The molecule has 2 aliphatic rings. The molecule has 5 nitrogen and oxygen atoms in total. The summed E-state index contributed by atoms with van der Waals surface area (Å²) in [5.41, 5.74) is 0.235. The lowest BCUT2D eigenvalue weighted by Gasteiger charge is -2.50. The first-order valence-corrected chi connectivity index (χ1v) is 8.32. The third-order valence-corrected chi connectivity index (χ3v) is 5.79. The van der Waals surface area contributed by atoms with Crippen molar-refractivity contribution in [3.63, 3.8) is 0 Å². The second-order valence-electron chi connectivity index (χ2n) is 6.42. The molecule has 2 fully saturated rings. The summed E-state index contributed by atoms with van der Waals surface area (Å²) in [4.78, 5) is 32.6. The van der Waals surface area contributed by atoms with Gasteiger partial charge in [0.05, 0.1) is 12.1 Å². The molecule has 1 aliphatic carbocycles. The monoisotopic (exact) mass is 307 g/mol. The third-order valence-electron chi connectivity index (χ3n) is 5.03. The fourth-order valence-electron chi connectivity index (χ4n) is 3.06. The molecule has 0 aromatic carbocycles. The minimum absolute atomic E-state index is 0.0384. The van der Waals surface area contributed by atoms with Gasteiger partial charge in [0.1, 0.15) is 11.1 Å². The van der Waals surface area contributed by atoms with Gasteiger partial charge in [-0.1, -0.05) is 6.92 Å². The van der Waals surface area contributed by atoms with Gasteiger partial charge in [-0.3, -0.25) is 14.6 Å². The number of hydrogen-bond donors (Lipinski definition) is 1. The van der Waals surface area contributed by atoms with E-state index in [0.29, 0.717) is 13.0 Å². The first kappa shape index (κ1) is 14.5. The van der Waals surface area contributed by atoms with Crippen LogP contribution in [0.4, 0.5) is 0 Å². The number of nitrogens with zero attached hydrogens (tertiary/aromatic N) is 2. The van der Waals surface area contributed by atoms with Crippen molar-refractivity contribution in [2.75, 3.05) is 0 Å². The Morgan fingerprint density at radius 2 is 2.14 bits per heavy atom. The molecule has 2 heterocycles. The molecule has 0 spiro atoms. The Labute approximate surface area is 128 Å². The first-order valence-electron chi connectivity index (χ1n) is 7.44. The lowest BCUT2D eigenvalue weighted by molar-refractivity contribution is -0.163. The number of carbonyl (C=O) groups excluding carboxylic acids is 2. The summed E-state index contributed by atoms with van der Waals surface area (Å²) >= 11 is 1.52.